The third-order valence-electron chi connectivity index (χ3n) is 5.32. The van der Waals surface area contributed by atoms with E-state index in [1.807, 2.05) is 0 Å². The Kier molecular flexibility index (Phi) is 4.91. The van der Waals surface area contributed by atoms with Gasteiger partial charge in [-0.15, -0.1) is 11.3 Å². The van der Waals surface area contributed by atoms with Crippen molar-refractivity contribution in [2.45, 2.75) is 0 Å². The van der Waals surface area contributed by atoms with Crippen LogP contribution < -0.4 is 21.5 Å². The number of nitrogens with zero attached hydrogens (tertiary/aromatic N) is 3. The van der Waals surface area contributed by atoms with E-state index < -0.39 is 17.1 Å². The molecule has 0 spiro atoms. The van der Waals surface area contributed by atoms with Crippen molar-refractivity contribution in [3.8, 4) is 21.9 Å². The van der Waals surface area contributed by atoms with Gasteiger partial charge in [0, 0.05) is 35.1 Å². The van der Waals surface area contributed by atoms with Crippen molar-refractivity contribution in [2.75, 3.05) is 7.11 Å². The van der Waals surface area contributed by atoms with Gasteiger partial charge in [-0.25, -0.2) is 13.8 Å². The Morgan fingerprint density at radius 3 is 2.70 bits per heavy atom. The molecule has 0 fully saturated rings. The Morgan fingerprint density at radius 1 is 1.15 bits per heavy atom. The zero-order valence-electron chi connectivity index (χ0n) is 17.2. The zero-order chi connectivity index (χ0) is 23.4. The van der Waals surface area contributed by atoms with Gasteiger partial charge in [-0.05, 0) is 24.3 Å². The first-order valence-corrected chi connectivity index (χ1v) is 10.8. The number of aromatic nitrogens is 4. The van der Waals surface area contributed by atoms with Gasteiger partial charge in [0.05, 0.1) is 35.1 Å². The molecular formula is C22H14ClFN4O4S. The molecule has 4 aromatic heterocycles. The van der Waals surface area contributed by atoms with Crippen molar-refractivity contribution < 1.29 is 9.13 Å². The number of hydrogen-bond donors (Lipinski definition) is 1. The molecule has 0 saturated carbocycles. The SMILES string of the molecule is COc1cc(-c2cc3[nH]c(=O)n(-c4cncc5ccc(=O)n(C)c45)c(=O)c3s2)c(Cl)cc1F. The predicted molar refractivity (Wildman–Crippen MR) is 126 cm³/mol. The summed E-state index contributed by atoms with van der Waals surface area (Å²) >= 11 is 7.32. The first-order chi connectivity index (χ1) is 15.8. The Hall–Kier alpha value is -3.76. The van der Waals surface area contributed by atoms with E-state index in [1.54, 1.807) is 25.4 Å². The minimum absolute atomic E-state index is 0.000470. The highest BCUT2D eigenvalue weighted by Gasteiger charge is 2.19. The summed E-state index contributed by atoms with van der Waals surface area (Å²) in [7, 11) is 2.89. The number of halogens is 2. The standard InChI is InChI=1S/C22H14ClFN4O4S/c1-27-18(29)4-3-10-8-25-9-15(19(10)27)28-21(30)20-14(26-22(28)31)7-17(33-20)11-5-16(32-2)13(24)6-12(11)23/h3-9H,1-2H3,(H,26,31). The van der Waals surface area contributed by atoms with Crippen LogP contribution in [-0.4, -0.2) is 26.2 Å². The van der Waals surface area contributed by atoms with Crippen molar-refractivity contribution >= 4 is 44.1 Å². The molecule has 0 aliphatic heterocycles. The van der Waals surface area contributed by atoms with Gasteiger partial charge in [0.2, 0.25) is 0 Å². The zero-order valence-corrected chi connectivity index (χ0v) is 18.8. The van der Waals surface area contributed by atoms with Gasteiger partial charge in [0.25, 0.3) is 11.1 Å². The lowest BCUT2D eigenvalue weighted by atomic mass is 10.1. The molecule has 0 aliphatic rings. The number of benzene rings is 1. The molecule has 0 unspecified atom stereocenters. The first-order valence-electron chi connectivity index (χ1n) is 9.56. The highest BCUT2D eigenvalue weighted by atomic mass is 35.5. The third kappa shape index (κ3) is 3.26. The number of pyridine rings is 2. The van der Waals surface area contributed by atoms with Gasteiger partial charge < -0.3 is 14.3 Å². The fourth-order valence-electron chi connectivity index (χ4n) is 3.73. The molecule has 5 rings (SSSR count). The van der Waals surface area contributed by atoms with Crippen LogP contribution in [-0.2, 0) is 7.05 Å². The summed E-state index contributed by atoms with van der Waals surface area (Å²) in [6.45, 7) is 0. The van der Waals surface area contributed by atoms with Gasteiger partial charge in [0.1, 0.15) is 4.70 Å². The summed E-state index contributed by atoms with van der Waals surface area (Å²) < 4.78 is 21.5. The summed E-state index contributed by atoms with van der Waals surface area (Å²) in [6, 6.07) is 7.13. The van der Waals surface area contributed by atoms with Crippen LogP contribution in [0.15, 0.2) is 57.1 Å². The molecule has 0 saturated heterocycles. The van der Waals surface area contributed by atoms with E-state index in [9.17, 15) is 18.8 Å². The van der Waals surface area contributed by atoms with Crippen molar-refractivity contribution in [2.24, 2.45) is 7.05 Å². The summed E-state index contributed by atoms with van der Waals surface area (Å²) in [5, 5.41) is 0.730. The molecule has 5 aromatic rings. The maximum atomic E-state index is 14.0. The van der Waals surface area contributed by atoms with Crippen LogP contribution in [0.4, 0.5) is 4.39 Å². The first kappa shape index (κ1) is 21.1. The van der Waals surface area contributed by atoms with E-state index in [2.05, 4.69) is 9.97 Å². The lowest BCUT2D eigenvalue weighted by Crippen LogP contribution is -2.34. The largest absolute Gasteiger partial charge is 0.494 e. The molecule has 166 valence electrons. The van der Waals surface area contributed by atoms with Crippen molar-refractivity contribution in [3.05, 3.63) is 84.8 Å². The van der Waals surface area contributed by atoms with E-state index in [4.69, 9.17) is 16.3 Å². The minimum atomic E-state index is -0.690. The van der Waals surface area contributed by atoms with E-state index >= 15 is 0 Å². The molecule has 0 bridgehead atoms. The Morgan fingerprint density at radius 2 is 1.94 bits per heavy atom. The summed E-state index contributed by atoms with van der Waals surface area (Å²) in [5.74, 6) is -0.613. The molecule has 33 heavy (non-hydrogen) atoms. The summed E-state index contributed by atoms with van der Waals surface area (Å²) in [5.41, 5.74) is -0.227. The molecule has 0 atom stereocenters. The quantitative estimate of drug-likeness (QED) is 0.423. The lowest BCUT2D eigenvalue weighted by Gasteiger charge is -2.11. The Labute approximate surface area is 193 Å². The van der Waals surface area contributed by atoms with Crippen LogP contribution in [0.5, 0.6) is 5.75 Å². The number of hydrogen-bond acceptors (Lipinski definition) is 6. The number of H-pyrrole nitrogens is 1. The van der Waals surface area contributed by atoms with E-state index in [1.165, 1.54) is 30.0 Å². The smallest absolute Gasteiger partial charge is 0.333 e. The monoisotopic (exact) mass is 484 g/mol. The molecule has 0 amide bonds. The van der Waals surface area contributed by atoms with Gasteiger partial charge in [0.15, 0.2) is 11.6 Å². The molecule has 0 radical (unpaired) electrons. The molecule has 4 heterocycles. The van der Waals surface area contributed by atoms with Gasteiger partial charge in [-0.1, -0.05) is 11.6 Å². The van der Waals surface area contributed by atoms with Crippen LogP contribution >= 0.6 is 22.9 Å². The molecule has 1 N–H and O–H groups in total. The number of fused-ring (bicyclic) bond motifs is 2. The number of methoxy groups -OCH3 is 1. The van der Waals surface area contributed by atoms with Gasteiger partial charge in [-0.2, -0.15) is 0 Å². The van der Waals surface area contributed by atoms with Crippen molar-refractivity contribution in [1.82, 2.24) is 19.1 Å². The number of nitrogens with one attached hydrogen (secondary N) is 1. The second kappa shape index (κ2) is 7.68. The fraction of sp³-hybridized carbons (Fsp3) is 0.0909. The van der Waals surface area contributed by atoms with E-state index in [0.29, 0.717) is 26.9 Å². The van der Waals surface area contributed by atoms with Crippen LogP contribution in [0.2, 0.25) is 5.02 Å². The Bertz CT molecular complexity index is 1770. The molecule has 1 aromatic carbocycles. The topological polar surface area (TPSA) is 99.0 Å². The average Bonchev–Trinajstić information content (AvgIpc) is 3.20. The van der Waals surface area contributed by atoms with Crippen molar-refractivity contribution in [3.63, 3.8) is 0 Å². The predicted octanol–water partition coefficient (Wildman–Crippen LogP) is 3.46. The number of aromatic amines is 1. The highest BCUT2D eigenvalue weighted by Crippen LogP contribution is 2.38. The highest BCUT2D eigenvalue weighted by molar-refractivity contribution is 7.22. The maximum absolute atomic E-state index is 14.0. The number of rotatable bonds is 3. The fourth-order valence-corrected chi connectivity index (χ4v) is 5.11. The van der Waals surface area contributed by atoms with Crippen molar-refractivity contribution in [1.29, 1.82) is 0 Å². The second-order valence-corrected chi connectivity index (χ2v) is 8.68. The van der Waals surface area contributed by atoms with Crippen LogP contribution in [0.3, 0.4) is 0 Å². The van der Waals surface area contributed by atoms with Gasteiger partial charge in [-0.3, -0.25) is 14.6 Å². The van der Waals surface area contributed by atoms with Crippen LogP contribution in [0, 0.1) is 5.82 Å². The molecule has 11 heteroatoms. The Balaban J connectivity index is 1.80. The summed E-state index contributed by atoms with van der Waals surface area (Å²) in [4.78, 5) is 45.9. The second-order valence-electron chi connectivity index (χ2n) is 7.22. The summed E-state index contributed by atoms with van der Waals surface area (Å²) in [6.07, 6.45) is 2.91. The van der Waals surface area contributed by atoms with Gasteiger partial charge >= 0.3 is 5.69 Å². The van der Waals surface area contributed by atoms with Crippen LogP contribution in [0.1, 0.15) is 0 Å². The maximum Gasteiger partial charge on any atom is 0.333 e. The normalized spacial score (nSPS) is 11.4. The lowest BCUT2D eigenvalue weighted by molar-refractivity contribution is 0.387. The van der Waals surface area contributed by atoms with E-state index in [0.717, 1.165) is 22.0 Å². The number of ether oxygens (including phenoxy) is 1. The number of aryl methyl sites for hydroxylation is 1. The molecular weight excluding hydrogens is 471 g/mol. The third-order valence-corrected chi connectivity index (χ3v) is 6.79. The number of thiophene rings is 1. The average molecular weight is 485 g/mol. The molecule has 0 aliphatic carbocycles. The van der Waals surface area contributed by atoms with E-state index in [-0.39, 0.29) is 26.7 Å². The molecule has 8 nitrogen and oxygen atoms in total. The minimum Gasteiger partial charge on any atom is -0.494 e. The van der Waals surface area contributed by atoms with Crippen LogP contribution in [0.25, 0.3) is 37.2 Å².